The Labute approximate surface area is 108 Å². The van der Waals surface area contributed by atoms with Gasteiger partial charge in [-0.1, -0.05) is 18.0 Å². The number of alkyl halides is 3. The molecular weight excluding hydrogens is 267 g/mol. The molecule has 0 radical (unpaired) electrons. The minimum Gasteiger partial charge on any atom is -0.506 e. The number of rotatable bonds is 1. The van der Waals surface area contributed by atoms with E-state index in [1.165, 1.54) is 0 Å². The van der Waals surface area contributed by atoms with E-state index in [-0.39, 0.29) is 22.4 Å². The van der Waals surface area contributed by atoms with Crippen LogP contribution in [-0.2, 0) is 6.18 Å². The van der Waals surface area contributed by atoms with Crippen LogP contribution in [0.2, 0.25) is 5.02 Å². The van der Waals surface area contributed by atoms with E-state index in [9.17, 15) is 18.3 Å². The van der Waals surface area contributed by atoms with Gasteiger partial charge in [-0.3, -0.25) is 0 Å². The van der Waals surface area contributed by atoms with Crippen LogP contribution in [0.15, 0.2) is 12.1 Å². The normalized spacial score (nSPS) is 21.0. The van der Waals surface area contributed by atoms with Gasteiger partial charge in [0.1, 0.15) is 5.75 Å². The number of aromatic hydroxyl groups is 1. The van der Waals surface area contributed by atoms with Gasteiger partial charge in [0, 0.05) is 11.6 Å². The lowest BCUT2D eigenvalue weighted by Gasteiger charge is -2.25. The van der Waals surface area contributed by atoms with Crippen molar-refractivity contribution in [3.05, 3.63) is 28.3 Å². The Hall–Kier alpha value is -0.940. The fraction of sp³-hybridized carbons (Fsp3) is 0.500. The highest BCUT2D eigenvalue weighted by Gasteiger charge is 2.33. The van der Waals surface area contributed by atoms with Crippen molar-refractivity contribution in [2.45, 2.75) is 31.5 Å². The van der Waals surface area contributed by atoms with Crippen LogP contribution in [-0.4, -0.2) is 11.7 Å². The molecule has 6 heteroatoms. The first-order valence-corrected chi connectivity index (χ1v) is 6.10. The molecule has 0 amide bonds. The lowest BCUT2D eigenvalue weighted by Crippen LogP contribution is -2.27. The van der Waals surface area contributed by atoms with E-state index in [1.807, 2.05) is 0 Å². The Morgan fingerprint density at radius 2 is 2.00 bits per heavy atom. The molecule has 1 unspecified atom stereocenters. The van der Waals surface area contributed by atoms with E-state index in [0.717, 1.165) is 31.5 Å². The molecule has 18 heavy (non-hydrogen) atoms. The molecule has 1 atom stereocenters. The summed E-state index contributed by atoms with van der Waals surface area (Å²) in [4.78, 5) is 0. The maximum Gasteiger partial charge on any atom is 0.416 e. The molecule has 100 valence electrons. The van der Waals surface area contributed by atoms with E-state index < -0.39 is 11.7 Å². The van der Waals surface area contributed by atoms with Crippen molar-refractivity contribution >= 4 is 11.6 Å². The van der Waals surface area contributed by atoms with Crippen LogP contribution in [0.1, 0.15) is 36.4 Å². The van der Waals surface area contributed by atoms with Crippen molar-refractivity contribution in [3.8, 4) is 5.75 Å². The van der Waals surface area contributed by atoms with Gasteiger partial charge in [-0.25, -0.2) is 0 Å². The maximum absolute atomic E-state index is 12.7. The van der Waals surface area contributed by atoms with Gasteiger partial charge < -0.3 is 10.4 Å². The molecule has 2 N–H and O–H groups in total. The number of phenols is 1. The molecular formula is C12H13ClF3NO. The molecule has 1 fully saturated rings. The lowest BCUT2D eigenvalue weighted by molar-refractivity contribution is -0.137. The monoisotopic (exact) mass is 279 g/mol. The summed E-state index contributed by atoms with van der Waals surface area (Å²) in [5.74, 6) is -0.260. The van der Waals surface area contributed by atoms with Crippen LogP contribution >= 0.6 is 11.6 Å². The standard InChI is InChI=1S/C12H13ClF3NO/c13-9-6-7(12(14,15)16)5-8(11(9)18)10-3-1-2-4-17-10/h5-6,10,17-18H,1-4H2. The molecule has 0 saturated carbocycles. The van der Waals surface area contributed by atoms with Gasteiger partial charge in [0.2, 0.25) is 0 Å². The second-order valence-electron chi connectivity index (χ2n) is 4.40. The number of phenolic OH excluding ortho intramolecular Hbond substituents is 1. The predicted octanol–water partition coefficient (Wildman–Crippen LogP) is 3.88. The summed E-state index contributed by atoms with van der Waals surface area (Å²) in [6, 6.07) is 1.46. The number of nitrogens with one attached hydrogen (secondary N) is 1. The van der Waals surface area contributed by atoms with Gasteiger partial charge in [0.15, 0.2) is 0 Å². The molecule has 1 aromatic rings. The van der Waals surface area contributed by atoms with E-state index >= 15 is 0 Å². The highest BCUT2D eigenvalue weighted by atomic mass is 35.5. The summed E-state index contributed by atoms with van der Waals surface area (Å²) in [7, 11) is 0. The van der Waals surface area contributed by atoms with E-state index in [2.05, 4.69) is 5.32 Å². The van der Waals surface area contributed by atoms with Gasteiger partial charge in [-0.05, 0) is 31.5 Å². The van der Waals surface area contributed by atoms with Gasteiger partial charge in [0.05, 0.1) is 10.6 Å². The summed E-state index contributed by atoms with van der Waals surface area (Å²) in [5, 5.41) is 12.6. The number of hydrogen-bond donors (Lipinski definition) is 2. The molecule has 2 rings (SSSR count). The molecule has 1 heterocycles. The van der Waals surface area contributed by atoms with Crippen molar-refractivity contribution in [2.75, 3.05) is 6.54 Å². The summed E-state index contributed by atoms with van der Waals surface area (Å²) in [5.41, 5.74) is -0.595. The topological polar surface area (TPSA) is 32.3 Å². The Morgan fingerprint density at radius 1 is 1.28 bits per heavy atom. The first kappa shape index (κ1) is 13.5. The first-order chi connectivity index (χ1) is 8.39. The zero-order valence-electron chi connectivity index (χ0n) is 9.52. The molecule has 1 aromatic carbocycles. The zero-order valence-corrected chi connectivity index (χ0v) is 10.3. The summed E-state index contributed by atoms with van der Waals surface area (Å²) >= 11 is 5.67. The second kappa shape index (κ2) is 4.97. The van der Waals surface area contributed by atoms with E-state index in [1.54, 1.807) is 0 Å². The van der Waals surface area contributed by atoms with Crippen molar-refractivity contribution in [3.63, 3.8) is 0 Å². The molecule has 0 bridgehead atoms. The molecule has 1 aliphatic heterocycles. The highest BCUT2D eigenvalue weighted by Crippen LogP contribution is 2.40. The SMILES string of the molecule is Oc1c(Cl)cc(C(F)(F)F)cc1C1CCCCN1. The van der Waals surface area contributed by atoms with Crippen LogP contribution in [0.25, 0.3) is 0 Å². The Balaban J connectivity index is 2.42. The highest BCUT2D eigenvalue weighted by molar-refractivity contribution is 6.32. The molecule has 0 spiro atoms. The molecule has 0 aliphatic carbocycles. The third kappa shape index (κ3) is 2.72. The molecule has 2 nitrogen and oxygen atoms in total. The predicted molar refractivity (Wildman–Crippen MR) is 62.7 cm³/mol. The Kier molecular flexibility index (Phi) is 3.73. The molecule has 1 aliphatic rings. The largest absolute Gasteiger partial charge is 0.506 e. The van der Waals surface area contributed by atoms with Gasteiger partial charge in [0.25, 0.3) is 0 Å². The van der Waals surface area contributed by atoms with Crippen LogP contribution in [0.4, 0.5) is 13.2 Å². The Bertz CT molecular complexity index is 442. The third-order valence-corrected chi connectivity index (χ3v) is 3.39. The number of benzene rings is 1. The second-order valence-corrected chi connectivity index (χ2v) is 4.80. The van der Waals surface area contributed by atoms with Crippen LogP contribution in [0, 0.1) is 0 Å². The van der Waals surface area contributed by atoms with Crippen LogP contribution < -0.4 is 5.32 Å². The van der Waals surface area contributed by atoms with Crippen LogP contribution in [0.3, 0.4) is 0 Å². The zero-order chi connectivity index (χ0) is 13.3. The average molecular weight is 280 g/mol. The van der Waals surface area contributed by atoms with Crippen molar-refractivity contribution in [1.29, 1.82) is 0 Å². The number of piperidine rings is 1. The third-order valence-electron chi connectivity index (χ3n) is 3.11. The van der Waals surface area contributed by atoms with Gasteiger partial charge >= 0.3 is 6.18 Å². The minimum atomic E-state index is -4.46. The van der Waals surface area contributed by atoms with E-state index in [0.29, 0.717) is 6.42 Å². The van der Waals surface area contributed by atoms with Crippen molar-refractivity contribution in [2.24, 2.45) is 0 Å². The summed E-state index contributed by atoms with van der Waals surface area (Å²) in [6.45, 7) is 0.734. The van der Waals surface area contributed by atoms with Gasteiger partial charge in [-0.15, -0.1) is 0 Å². The van der Waals surface area contributed by atoms with E-state index in [4.69, 9.17) is 11.6 Å². The fourth-order valence-electron chi connectivity index (χ4n) is 2.17. The minimum absolute atomic E-state index is 0.231. The smallest absolute Gasteiger partial charge is 0.416 e. The fourth-order valence-corrected chi connectivity index (χ4v) is 2.39. The maximum atomic E-state index is 12.7. The van der Waals surface area contributed by atoms with Crippen molar-refractivity contribution < 1.29 is 18.3 Å². The lowest BCUT2D eigenvalue weighted by atomic mass is 9.95. The van der Waals surface area contributed by atoms with Gasteiger partial charge in [-0.2, -0.15) is 13.2 Å². The molecule has 1 saturated heterocycles. The van der Waals surface area contributed by atoms with Crippen molar-refractivity contribution in [1.82, 2.24) is 5.32 Å². The summed E-state index contributed by atoms with van der Waals surface area (Å²) in [6.07, 6.45) is -1.85. The summed E-state index contributed by atoms with van der Waals surface area (Å²) < 4.78 is 38.1. The molecule has 0 aromatic heterocycles. The number of hydrogen-bond acceptors (Lipinski definition) is 2. The first-order valence-electron chi connectivity index (χ1n) is 5.72. The Morgan fingerprint density at radius 3 is 2.56 bits per heavy atom. The quantitative estimate of drug-likeness (QED) is 0.818. The van der Waals surface area contributed by atoms with Crippen LogP contribution in [0.5, 0.6) is 5.75 Å². The average Bonchev–Trinajstić information content (AvgIpc) is 2.32. The number of halogens is 4.